The lowest BCUT2D eigenvalue weighted by Gasteiger charge is -2.11. The molecule has 0 aliphatic carbocycles. The fourth-order valence-electron chi connectivity index (χ4n) is 2.04. The SMILES string of the molecule is Nc1ccc(Oc2ccc3ccccc3c2Br)cc1N. The molecule has 0 amide bonds. The number of rotatable bonds is 2. The number of ether oxygens (including phenoxy) is 1. The summed E-state index contributed by atoms with van der Waals surface area (Å²) in [6, 6.07) is 17.3. The van der Waals surface area contributed by atoms with Gasteiger partial charge in [-0.2, -0.15) is 0 Å². The van der Waals surface area contributed by atoms with Gasteiger partial charge in [-0.1, -0.05) is 30.3 Å². The summed E-state index contributed by atoms with van der Waals surface area (Å²) < 4.78 is 6.79. The Morgan fingerprint density at radius 3 is 2.45 bits per heavy atom. The highest BCUT2D eigenvalue weighted by atomic mass is 79.9. The van der Waals surface area contributed by atoms with Crippen LogP contribution in [0.3, 0.4) is 0 Å². The number of nitrogen functional groups attached to an aromatic ring is 2. The van der Waals surface area contributed by atoms with Crippen molar-refractivity contribution in [3.05, 3.63) is 59.1 Å². The zero-order valence-electron chi connectivity index (χ0n) is 10.6. The number of hydrogen-bond donors (Lipinski definition) is 2. The summed E-state index contributed by atoms with van der Waals surface area (Å²) in [6.45, 7) is 0. The Morgan fingerprint density at radius 2 is 1.65 bits per heavy atom. The lowest BCUT2D eigenvalue weighted by molar-refractivity contribution is 0.481. The van der Waals surface area contributed by atoms with Crippen molar-refractivity contribution in [2.75, 3.05) is 11.5 Å². The van der Waals surface area contributed by atoms with E-state index in [0.717, 1.165) is 21.0 Å². The Hall–Kier alpha value is -2.20. The molecule has 0 heterocycles. The first kappa shape index (κ1) is 12.8. The summed E-state index contributed by atoms with van der Waals surface area (Å²) in [5.74, 6) is 1.40. The molecule has 20 heavy (non-hydrogen) atoms. The number of benzene rings is 3. The molecule has 100 valence electrons. The van der Waals surface area contributed by atoms with E-state index in [0.29, 0.717) is 17.1 Å². The van der Waals surface area contributed by atoms with Crippen molar-refractivity contribution in [3.8, 4) is 11.5 Å². The molecule has 3 aromatic rings. The first-order chi connectivity index (χ1) is 9.65. The van der Waals surface area contributed by atoms with Crippen LogP contribution in [0.15, 0.2) is 59.1 Å². The fraction of sp³-hybridized carbons (Fsp3) is 0. The molecular weight excluding hydrogens is 316 g/mol. The molecule has 0 radical (unpaired) electrons. The Balaban J connectivity index is 2.02. The molecule has 0 saturated carbocycles. The highest BCUT2D eigenvalue weighted by molar-refractivity contribution is 9.10. The van der Waals surface area contributed by atoms with Crippen molar-refractivity contribution in [1.29, 1.82) is 0 Å². The molecule has 0 aliphatic heterocycles. The highest BCUT2D eigenvalue weighted by Gasteiger charge is 2.07. The van der Waals surface area contributed by atoms with E-state index in [-0.39, 0.29) is 0 Å². The molecule has 3 aromatic carbocycles. The second-order valence-electron chi connectivity index (χ2n) is 4.49. The standard InChI is InChI=1S/C16H13BrN2O/c17-16-12-4-2-1-3-10(12)5-8-15(16)20-11-6-7-13(18)14(19)9-11/h1-9H,18-19H2. The Kier molecular flexibility index (Phi) is 3.24. The number of nitrogens with two attached hydrogens (primary N) is 2. The lowest BCUT2D eigenvalue weighted by atomic mass is 10.1. The molecule has 0 unspecified atom stereocenters. The molecule has 0 bridgehead atoms. The molecular formula is C16H13BrN2O. The van der Waals surface area contributed by atoms with Gasteiger partial charge in [-0.15, -0.1) is 0 Å². The van der Waals surface area contributed by atoms with Gasteiger partial charge in [0.15, 0.2) is 0 Å². The van der Waals surface area contributed by atoms with E-state index in [9.17, 15) is 0 Å². The fourth-order valence-corrected chi connectivity index (χ4v) is 2.61. The minimum Gasteiger partial charge on any atom is -0.456 e. The Bertz CT molecular complexity index is 787. The maximum Gasteiger partial charge on any atom is 0.142 e. The van der Waals surface area contributed by atoms with Crippen molar-refractivity contribution >= 4 is 38.1 Å². The summed E-state index contributed by atoms with van der Waals surface area (Å²) >= 11 is 3.59. The van der Waals surface area contributed by atoms with Crippen molar-refractivity contribution in [2.45, 2.75) is 0 Å². The summed E-state index contributed by atoms with van der Waals surface area (Å²) in [6.07, 6.45) is 0. The van der Waals surface area contributed by atoms with Crippen molar-refractivity contribution < 1.29 is 4.74 Å². The monoisotopic (exact) mass is 328 g/mol. The Labute approximate surface area is 125 Å². The van der Waals surface area contributed by atoms with E-state index in [1.165, 1.54) is 0 Å². The van der Waals surface area contributed by atoms with Gasteiger partial charge in [0.05, 0.1) is 15.8 Å². The zero-order chi connectivity index (χ0) is 14.1. The van der Waals surface area contributed by atoms with E-state index in [2.05, 4.69) is 22.0 Å². The molecule has 0 aromatic heterocycles. The van der Waals surface area contributed by atoms with Crippen LogP contribution in [0.1, 0.15) is 0 Å². The molecule has 0 spiro atoms. The van der Waals surface area contributed by atoms with Gasteiger partial charge in [0.1, 0.15) is 11.5 Å². The van der Waals surface area contributed by atoms with Crippen molar-refractivity contribution in [3.63, 3.8) is 0 Å². The second kappa shape index (κ2) is 5.06. The largest absolute Gasteiger partial charge is 0.456 e. The third-order valence-electron chi connectivity index (χ3n) is 3.11. The molecule has 0 aliphatic rings. The molecule has 0 atom stereocenters. The van der Waals surface area contributed by atoms with E-state index < -0.39 is 0 Å². The van der Waals surface area contributed by atoms with Crippen molar-refractivity contribution in [2.24, 2.45) is 0 Å². The molecule has 0 saturated heterocycles. The third kappa shape index (κ3) is 2.30. The topological polar surface area (TPSA) is 61.3 Å². The number of anilines is 2. The normalized spacial score (nSPS) is 10.7. The highest BCUT2D eigenvalue weighted by Crippen LogP contribution is 2.36. The van der Waals surface area contributed by atoms with Gasteiger partial charge in [0.25, 0.3) is 0 Å². The predicted molar refractivity (Wildman–Crippen MR) is 87.0 cm³/mol. The van der Waals surface area contributed by atoms with Crippen LogP contribution in [-0.4, -0.2) is 0 Å². The van der Waals surface area contributed by atoms with Gasteiger partial charge < -0.3 is 16.2 Å². The minimum absolute atomic E-state index is 0.513. The maximum atomic E-state index is 5.87. The van der Waals surface area contributed by atoms with Crippen LogP contribution in [0, 0.1) is 0 Å². The molecule has 3 rings (SSSR count). The van der Waals surface area contributed by atoms with Crippen molar-refractivity contribution in [1.82, 2.24) is 0 Å². The van der Waals surface area contributed by atoms with Crippen LogP contribution in [-0.2, 0) is 0 Å². The minimum atomic E-state index is 0.513. The summed E-state index contributed by atoms with van der Waals surface area (Å²) in [5.41, 5.74) is 12.5. The zero-order valence-corrected chi connectivity index (χ0v) is 12.2. The van der Waals surface area contributed by atoms with Crippen LogP contribution < -0.4 is 16.2 Å². The van der Waals surface area contributed by atoms with E-state index in [1.807, 2.05) is 30.3 Å². The number of fused-ring (bicyclic) bond motifs is 1. The smallest absolute Gasteiger partial charge is 0.142 e. The predicted octanol–water partition coefficient (Wildman–Crippen LogP) is 4.56. The van der Waals surface area contributed by atoms with Crippen LogP contribution in [0.2, 0.25) is 0 Å². The van der Waals surface area contributed by atoms with Gasteiger partial charge in [-0.3, -0.25) is 0 Å². The van der Waals surface area contributed by atoms with Crippen LogP contribution in [0.4, 0.5) is 11.4 Å². The Morgan fingerprint density at radius 1 is 0.850 bits per heavy atom. The lowest BCUT2D eigenvalue weighted by Crippen LogP contribution is -1.95. The van der Waals surface area contributed by atoms with E-state index in [4.69, 9.17) is 16.2 Å². The van der Waals surface area contributed by atoms with Gasteiger partial charge in [0, 0.05) is 6.07 Å². The summed E-state index contributed by atoms with van der Waals surface area (Å²) in [5, 5.41) is 2.26. The van der Waals surface area contributed by atoms with E-state index >= 15 is 0 Å². The average molecular weight is 329 g/mol. The number of halogens is 1. The first-order valence-corrected chi connectivity index (χ1v) is 6.94. The van der Waals surface area contributed by atoms with Gasteiger partial charge >= 0.3 is 0 Å². The van der Waals surface area contributed by atoms with Gasteiger partial charge in [0.2, 0.25) is 0 Å². The average Bonchev–Trinajstić information content (AvgIpc) is 2.46. The second-order valence-corrected chi connectivity index (χ2v) is 5.28. The summed E-state index contributed by atoms with van der Waals surface area (Å²) in [7, 11) is 0. The molecule has 4 heteroatoms. The summed E-state index contributed by atoms with van der Waals surface area (Å²) in [4.78, 5) is 0. The van der Waals surface area contributed by atoms with Crippen LogP contribution in [0.5, 0.6) is 11.5 Å². The number of hydrogen-bond acceptors (Lipinski definition) is 3. The van der Waals surface area contributed by atoms with Crippen LogP contribution in [0.25, 0.3) is 10.8 Å². The maximum absolute atomic E-state index is 5.87. The van der Waals surface area contributed by atoms with Gasteiger partial charge in [-0.25, -0.2) is 0 Å². The van der Waals surface area contributed by atoms with E-state index in [1.54, 1.807) is 18.2 Å². The quantitative estimate of drug-likeness (QED) is 0.678. The van der Waals surface area contributed by atoms with Crippen LogP contribution >= 0.6 is 15.9 Å². The third-order valence-corrected chi connectivity index (χ3v) is 3.93. The molecule has 3 nitrogen and oxygen atoms in total. The van der Waals surface area contributed by atoms with Gasteiger partial charge in [-0.05, 0) is 44.9 Å². The molecule has 0 fully saturated rings. The first-order valence-electron chi connectivity index (χ1n) is 6.15. The molecule has 4 N–H and O–H groups in total.